The van der Waals surface area contributed by atoms with E-state index in [-0.39, 0.29) is 6.01 Å². The van der Waals surface area contributed by atoms with Gasteiger partial charge in [0.05, 0.1) is 29.7 Å². The Morgan fingerprint density at radius 1 is 1.23 bits per heavy atom. The number of aromatic nitrogens is 2. The molecule has 1 aromatic carbocycles. The van der Waals surface area contributed by atoms with Crippen LogP contribution >= 0.6 is 0 Å². The number of benzene rings is 1. The molecule has 3 rings (SSSR count). The monoisotopic (exact) mass is 299 g/mol. The Morgan fingerprint density at radius 2 is 1.95 bits per heavy atom. The first-order valence-corrected chi connectivity index (χ1v) is 6.91. The van der Waals surface area contributed by atoms with Crippen molar-refractivity contribution in [1.82, 2.24) is 15.3 Å². The molecule has 0 unspecified atom stereocenters. The Kier molecular flexibility index (Phi) is 4.12. The molecule has 2 heterocycles. The van der Waals surface area contributed by atoms with E-state index in [9.17, 15) is 4.39 Å². The van der Waals surface area contributed by atoms with Crippen molar-refractivity contribution in [2.45, 2.75) is 0 Å². The van der Waals surface area contributed by atoms with Crippen molar-refractivity contribution >= 4 is 5.69 Å². The predicted molar refractivity (Wildman–Crippen MR) is 78.3 cm³/mol. The minimum Gasteiger partial charge on any atom is -0.422 e. The minimum absolute atomic E-state index is 0.0490. The molecule has 0 spiro atoms. The zero-order chi connectivity index (χ0) is 15.4. The first kappa shape index (κ1) is 14.2. The quantitative estimate of drug-likeness (QED) is 0.929. The number of anilines is 1. The number of nitrogens with one attached hydrogen (secondary N) is 1. The van der Waals surface area contributed by atoms with E-state index in [1.54, 1.807) is 12.1 Å². The van der Waals surface area contributed by atoms with Crippen LogP contribution in [-0.2, 0) is 0 Å². The fourth-order valence-corrected chi connectivity index (χ4v) is 2.28. The average molecular weight is 299 g/mol. The number of ether oxygens (including phenoxy) is 1. The van der Waals surface area contributed by atoms with Crippen LogP contribution in [0.1, 0.15) is 5.56 Å². The summed E-state index contributed by atoms with van der Waals surface area (Å²) in [5.41, 5.74) is 1.35. The number of hydrogen-bond donors (Lipinski definition) is 1. The van der Waals surface area contributed by atoms with Crippen LogP contribution in [0.4, 0.5) is 10.1 Å². The SMILES string of the molecule is N#Cc1ccc(N2CCNCC2)c(Oc2ncc(F)cn2)c1. The van der Waals surface area contributed by atoms with E-state index in [4.69, 9.17) is 10.00 Å². The fourth-order valence-electron chi connectivity index (χ4n) is 2.28. The van der Waals surface area contributed by atoms with E-state index in [1.807, 2.05) is 6.07 Å². The molecule has 7 heteroatoms. The molecule has 0 aliphatic carbocycles. The number of halogens is 1. The summed E-state index contributed by atoms with van der Waals surface area (Å²) >= 11 is 0. The molecular formula is C15H14FN5O. The van der Waals surface area contributed by atoms with Gasteiger partial charge in [-0.2, -0.15) is 5.26 Å². The summed E-state index contributed by atoms with van der Waals surface area (Å²) in [7, 11) is 0. The van der Waals surface area contributed by atoms with Gasteiger partial charge in [0, 0.05) is 32.2 Å². The number of piperazine rings is 1. The highest BCUT2D eigenvalue weighted by atomic mass is 19.1. The van der Waals surface area contributed by atoms with Crippen LogP contribution < -0.4 is 15.0 Å². The molecule has 1 saturated heterocycles. The Bertz CT molecular complexity index is 692. The average Bonchev–Trinajstić information content (AvgIpc) is 2.57. The van der Waals surface area contributed by atoms with Crippen LogP contribution in [0, 0.1) is 17.1 Å². The van der Waals surface area contributed by atoms with Crippen molar-refractivity contribution in [3.05, 3.63) is 42.0 Å². The third-order valence-corrected chi connectivity index (χ3v) is 3.34. The first-order valence-electron chi connectivity index (χ1n) is 6.91. The van der Waals surface area contributed by atoms with E-state index in [1.165, 1.54) is 0 Å². The molecule has 1 aliphatic rings. The van der Waals surface area contributed by atoms with Crippen molar-refractivity contribution in [2.24, 2.45) is 0 Å². The molecule has 0 bridgehead atoms. The highest BCUT2D eigenvalue weighted by Gasteiger charge is 2.17. The van der Waals surface area contributed by atoms with Gasteiger partial charge in [0.25, 0.3) is 0 Å². The standard InChI is InChI=1S/C15H14FN5O/c16-12-9-19-15(20-10-12)22-14-7-11(8-17)1-2-13(14)21-5-3-18-4-6-21/h1-2,7,9-10,18H,3-6H2. The normalized spacial score (nSPS) is 14.5. The summed E-state index contributed by atoms with van der Waals surface area (Å²) in [5.74, 6) is -0.0342. The van der Waals surface area contributed by atoms with Crippen LogP contribution in [-0.4, -0.2) is 36.1 Å². The first-order chi connectivity index (χ1) is 10.8. The minimum atomic E-state index is -0.527. The molecule has 0 saturated carbocycles. The van der Waals surface area contributed by atoms with Crippen molar-refractivity contribution in [3.63, 3.8) is 0 Å². The predicted octanol–water partition coefficient (Wildman–Crippen LogP) is 1.69. The lowest BCUT2D eigenvalue weighted by atomic mass is 10.1. The van der Waals surface area contributed by atoms with Crippen LogP contribution in [0.5, 0.6) is 11.8 Å². The lowest BCUT2D eigenvalue weighted by Crippen LogP contribution is -2.43. The largest absolute Gasteiger partial charge is 0.422 e. The number of rotatable bonds is 3. The second kappa shape index (κ2) is 6.37. The van der Waals surface area contributed by atoms with Gasteiger partial charge in [-0.05, 0) is 12.1 Å². The summed E-state index contributed by atoms with van der Waals surface area (Å²) in [6, 6.07) is 7.37. The molecule has 1 N–H and O–H groups in total. The Hall–Kier alpha value is -2.72. The number of nitrogens with zero attached hydrogens (tertiary/aromatic N) is 4. The molecule has 22 heavy (non-hydrogen) atoms. The maximum absolute atomic E-state index is 12.9. The van der Waals surface area contributed by atoms with Gasteiger partial charge in [-0.3, -0.25) is 0 Å². The molecule has 0 amide bonds. The summed E-state index contributed by atoms with van der Waals surface area (Å²) < 4.78 is 18.5. The molecule has 1 fully saturated rings. The van der Waals surface area contributed by atoms with Gasteiger partial charge in [0.2, 0.25) is 0 Å². The topological polar surface area (TPSA) is 74.1 Å². The molecular weight excluding hydrogens is 285 g/mol. The second-order valence-electron chi connectivity index (χ2n) is 4.82. The smallest absolute Gasteiger partial charge is 0.322 e. The summed E-state index contributed by atoms with van der Waals surface area (Å²) in [5, 5.41) is 12.3. The van der Waals surface area contributed by atoms with E-state index in [2.05, 4.69) is 26.3 Å². The van der Waals surface area contributed by atoms with Gasteiger partial charge in [-0.1, -0.05) is 0 Å². The van der Waals surface area contributed by atoms with Gasteiger partial charge >= 0.3 is 6.01 Å². The Morgan fingerprint density at radius 3 is 2.64 bits per heavy atom. The lowest BCUT2D eigenvalue weighted by molar-refractivity contribution is 0.434. The highest BCUT2D eigenvalue weighted by Crippen LogP contribution is 2.32. The number of nitriles is 1. The summed E-state index contributed by atoms with van der Waals surface area (Å²) in [4.78, 5) is 9.75. The zero-order valence-corrected chi connectivity index (χ0v) is 11.8. The zero-order valence-electron chi connectivity index (χ0n) is 11.8. The Labute approximate surface area is 127 Å². The third kappa shape index (κ3) is 3.13. The van der Waals surface area contributed by atoms with Gasteiger partial charge in [-0.25, -0.2) is 14.4 Å². The fraction of sp³-hybridized carbons (Fsp3) is 0.267. The lowest BCUT2D eigenvalue weighted by Gasteiger charge is -2.30. The van der Waals surface area contributed by atoms with Crippen LogP contribution in [0.25, 0.3) is 0 Å². The highest BCUT2D eigenvalue weighted by molar-refractivity contribution is 5.62. The van der Waals surface area contributed by atoms with E-state index in [0.29, 0.717) is 11.3 Å². The van der Waals surface area contributed by atoms with E-state index in [0.717, 1.165) is 44.3 Å². The van der Waals surface area contributed by atoms with Gasteiger partial charge in [-0.15, -0.1) is 0 Å². The van der Waals surface area contributed by atoms with Crippen molar-refractivity contribution in [3.8, 4) is 17.8 Å². The molecule has 0 radical (unpaired) electrons. The third-order valence-electron chi connectivity index (χ3n) is 3.34. The van der Waals surface area contributed by atoms with E-state index < -0.39 is 5.82 Å². The molecule has 112 valence electrons. The Balaban J connectivity index is 1.92. The second-order valence-corrected chi connectivity index (χ2v) is 4.82. The molecule has 2 aromatic rings. The maximum atomic E-state index is 12.9. The van der Waals surface area contributed by atoms with Gasteiger partial charge in [0.15, 0.2) is 11.6 Å². The van der Waals surface area contributed by atoms with Crippen molar-refractivity contribution < 1.29 is 9.13 Å². The summed E-state index contributed by atoms with van der Waals surface area (Å²) in [6.07, 6.45) is 2.09. The van der Waals surface area contributed by atoms with Gasteiger partial charge < -0.3 is 15.0 Å². The van der Waals surface area contributed by atoms with Crippen molar-refractivity contribution in [1.29, 1.82) is 5.26 Å². The molecule has 1 aromatic heterocycles. The maximum Gasteiger partial charge on any atom is 0.322 e. The molecule has 6 nitrogen and oxygen atoms in total. The molecule has 0 atom stereocenters. The van der Waals surface area contributed by atoms with Crippen LogP contribution in [0.15, 0.2) is 30.6 Å². The van der Waals surface area contributed by atoms with Crippen LogP contribution in [0.3, 0.4) is 0 Å². The number of hydrogen-bond acceptors (Lipinski definition) is 6. The van der Waals surface area contributed by atoms with Crippen LogP contribution in [0.2, 0.25) is 0 Å². The van der Waals surface area contributed by atoms with Crippen molar-refractivity contribution in [2.75, 3.05) is 31.1 Å². The summed E-state index contributed by atoms with van der Waals surface area (Å²) in [6.45, 7) is 3.44. The van der Waals surface area contributed by atoms with E-state index >= 15 is 0 Å². The molecule has 1 aliphatic heterocycles. The van der Waals surface area contributed by atoms with Gasteiger partial charge in [0.1, 0.15) is 0 Å².